The molecule has 4 nitrogen and oxygen atoms in total. The van der Waals surface area contributed by atoms with E-state index in [0.29, 0.717) is 18.8 Å². The molecule has 1 atom stereocenters. The van der Waals surface area contributed by atoms with Crippen molar-refractivity contribution >= 4 is 5.97 Å². The number of aliphatic hydroxyl groups is 2. The lowest BCUT2D eigenvalue weighted by atomic mass is 10.1. The van der Waals surface area contributed by atoms with Gasteiger partial charge in [-0.3, -0.25) is 4.79 Å². The van der Waals surface area contributed by atoms with Gasteiger partial charge >= 0.3 is 5.97 Å². The van der Waals surface area contributed by atoms with Gasteiger partial charge in [0.25, 0.3) is 0 Å². The molecule has 0 heterocycles. The van der Waals surface area contributed by atoms with Gasteiger partial charge in [0.2, 0.25) is 0 Å². The maximum absolute atomic E-state index is 11.5. The van der Waals surface area contributed by atoms with Crippen molar-refractivity contribution in [1.29, 1.82) is 0 Å². The minimum atomic E-state index is -0.989. The molecule has 4 heteroatoms. The van der Waals surface area contributed by atoms with Gasteiger partial charge < -0.3 is 14.9 Å². The summed E-state index contributed by atoms with van der Waals surface area (Å²) >= 11 is 0. The third-order valence-corrected chi connectivity index (χ3v) is 3.75. The van der Waals surface area contributed by atoms with E-state index in [0.717, 1.165) is 25.7 Å². The molecule has 1 unspecified atom stereocenters. The average molecular weight is 353 g/mol. The molecule has 0 amide bonds. The molecule has 0 spiro atoms. The standard InChI is InChI=1S/C21H36O4/c1-17(2)9-5-6-10-18(3)11-7-12-19(4)13-8-14-21(24)25-16-20(23)15-22/h5,9,11,13,17,20,22-23H,6-8,10,12,14-16H2,1-4H3/b9-5-,18-11+,19-13+. The van der Waals surface area contributed by atoms with Gasteiger partial charge in [0, 0.05) is 6.42 Å². The van der Waals surface area contributed by atoms with E-state index in [9.17, 15) is 4.79 Å². The summed E-state index contributed by atoms with van der Waals surface area (Å²) in [5, 5.41) is 17.7. The zero-order valence-electron chi connectivity index (χ0n) is 16.3. The van der Waals surface area contributed by atoms with E-state index in [2.05, 4.69) is 52.0 Å². The summed E-state index contributed by atoms with van der Waals surface area (Å²) in [5.41, 5.74) is 2.69. The van der Waals surface area contributed by atoms with Gasteiger partial charge in [-0.2, -0.15) is 0 Å². The van der Waals surface area contributed by atoms with Crippen LogP contribution in [0.5, 0.6) is 0 Å². The minimum absolute atomic E-state index is 0.144. The molecule has 0 rings (SSSR count). The molecule has 0 fully saturated rings. The molecule has 0 saturated carbocycles. The summed E-state index contributed by atoms with van der Waals surface area (Å²) in [5.74, 6) is 0.274. The highest BCUT2D eigenvalue weighted by molar-refractivity contribution is 5.69. The molecule has 0 aliphatic rings. The predicted molar refractivity (Wildman–Crippen MR) is 103 cm³/mol. The highest BCUT2D eigenvalue weighted by Gasteiger charge is 2.06. The van der Waals surface area contributed by atoms with Crippen molar-refractivity contribution in [2.24, 2.45) is 5.92 Å². The van der Waals surface area contributed by atoms with Crippen LogP contribution in [-0.4, -0.2) is 35.5 Å². The van der Waals surface area contributed by atoms with Crippen LogP contribution in [0.3, 0.4) is 0 Å². The molecule has 0 aliphatic heterocycles. The van der Waals surface area contributed by atoms with Crippen LogP contribution < -0.4 is 0 Å². The molecular formula is C21H36O4. The SMILES string of the molecule is C/C(=C\CC/C(C)=C/CCC(=O)OCC(O)CO)CC/C=C\C(C)C. The first-order valence-corrected chi connectivity index (χ1v) is 9.27. The van der Waals surface area contributed by atoms with Gasteiger partial charge in [0.05, 0.1) is 6.61 Å². The van der Waals surface area contributed by atoms with Gasteiger partial charge in [-0.15, -0.1) is 0 Å². The Kier molecular flexibility index (Phi) is 14.1. The van der Waals surface area contributed by atoms with Crippen molar-refractivity contribution in [3.8, 4) is 0 Å². The van der Waals surface area contributed by atoms with E-state index < -0.39 is 12.7 Å². The van der Waals surface area contributed by atoms with Crippen molar-refractivity contribution in [2.75, 3.05) is 13.2 Å². The summed E-state index contributed by atoms with van der Waals surface area (Å²) in [6.07, 6.45) is 13.0. The number of carbonyl (C=O) groups is 1. The third kappa shape index (κ3) is 15.9. The first-order chi connectivity index (χ1) is 11.8. The van der Waals surface area contributed by atoms with Crippen LogP contribution in [0.4, 0.5) is 0 Å². The Morgan fingerprint density at radius 1 is 1.00 bits per heavy atom. The van der Waals surface area contributed by atoms with Gasteiger partial charge in [0.15, 0.2) is 0 Å². The average Bonchev–Trinajstić information content (AvgIpc) is 2.56. The Balaban J connectivity index is 3.89. The van der Waals surface area contributed by atoms with E-state index >= 15 is 0 Å². The lowest BCUT2D eigenvalue weighted by Crippen LogP contribution is -2.21. The highest BCUT2D eigenvalue weighted by Crippen LogP contribution is 2.12. The molecule has 2 N–H and O–H groups in total. The Bertz CT molecular complexity index is 447. The van der Waals surface area contributed by atoms with E-state index in [4.69, 9.17) is 14.9 Å². The molecule has 0 aromatic heterocycles. The Hall–Kier alpha value is -1.39. The van der Waals surface area contributed by atoms with E-state index in [1.54, 1.807) is 0 Å². The molecular weight excluding hydrogens is 316 g/mol. The van der Waals surface area contributed by atoms with Crippen molar-refractivity contribution in [3.05, 3.63) is 35.5 Å². The summed E-state index contributed by atoms with van der Waals surface area (Å²) in [7, 11) is 0. The summed E-state index contributed by atoms with van der Waals surface area (Å²) < 4.78 is 4.86. The first kappa shape index (κ1) is 23.6. The first-order valence-electron chi connectivity index (χ1n) is 9.27. The van der Waals surface area contributed by atoms with Crippen LogP contribution in [0.15, 0.2) is 35.5 Å². The number of aliphatic hydroxyl groups excluding tert-OH is 2. The zero-order chi connectivity index (χ0) is 19.1. The number of esters is 1. The molecule has 0 saturated heterocycles. The molecule has 0 aromatic carbocycles. The maximum Gasteiger partial charge on any atom is 0.306 e. The van der Waals surface area contributed by atoms with E-state index in [-0.39, 0.29) is 12.6 Å². The van der Waals surface area contributed by atoms with Crippen LogP contribution in [-0.2, 0) is 9.53 Å². The fourth-order valence-electron chi connectivity index (χ4n) is 2.18. The molecule has 0 aromatic rings. The molecule has 0 aliphatic carbocycles. The number of hydrogen-bond acceptors (Lipinski definition) is 4. The van der Waals surface area contributed by atoms with Crippen LogP contribution in [0.1, 0.15) is 66.2 Å². The van der Waals surface area contributed by atoms with Crippen LogP contribution in [0, 0.1) is 5.92 Å². The fourth-order valence-corrected chi connectivity index (χ4v) is 2.18. The van der Waals surface area contributed by atoms with Crippen molar-refractivity contribution in [2.45, 2.75) is 72.3 Å². The second-order valence-corrected chi connectivity index (χ2v) is 6.91. The van der Waals surface area contributed by atoms with E-state index in [1.165, 1.54) is 11.1 Å². The van der Waals surface area contributed by atoms with Crippen molar-refractivity contribution < 1.29 is 19.7 Å². The zero-order valence-corrected chi connectivity index (χ0v) is 16.3. The maximum atomic E-state index is 11.5. The lowest BCUT2D eigenvalue weighted by Gasteiger charge is -2.07. The molecule has 144 valence electrons. The van der Waals surface area contributed by atoms with E-state index in [1.807, 2.05) is 0 Å². The largest absolute Gasteiger partial charge is 0.463 e. The van der Waals surface area contributed by atoms with Crippen LogP contribution in [0.2, 0.25) is 0 Å². The number of carbonyl (C=O) groups excluding carboxylic acids is 1. The quantitative estimate of drug-likeness (QED) is 0.382. The Morgan fingerprint density at radius 3 is 2.12 bits per heavy atom. The summed E-state index contributed by atoms with van der Waals surface area (Å²) in [6, 6.07) is 0. The number of allylic oxidation sites excluding steroid dienone is 6. The van der Waals surface area contributed by atoms with Crippen LogP contribution in [0.25, 0.3) is 0 Å². The molecule has 0 radical (unpaired) electrons. The lowest BCUT2D eigenvalue weighted by molar-refractivity contribution is -0.147. The van der Waals surface area contributed by atoms with Gasteiger partial charge in [-0.1, -0.05) is 49.3 Å². The monoisotopic (exact) mass is 352 g/mol. The second-order valence-electron chi connectivity index (χ2n) is 6.91. The van der Waals surface area contributed by atoms with Crippen LogP contribution >= 0.6 is 0 Å². The smallest absolute Gasteiger partial charge is 0.306 e. The Labute approximate surface area is 153 Å². The predicted octanol–water partition coefficient (Wildman–Crippen LogP) is 4.33. The fraction of sp³-hybridized carbons (Fsp3) is 0.667. The normalized spacial score (nSPS) is 14.4. The van der Waals surface area contributed by atoms with Crippen molar-refractivity contribution in [1.82, 2.24) is 0 Å². The number of ether oxygens (including phenoxy) is 1. The topological polar surface area (TPSA) is 66.8 Å². The summed E-state index contributed by atoms with van der Waals surface area (Å²) in [6.45, 7) is 8.09. The van der Waals surface area contributed by atoms with Gasteiger partial charge in [-0.05, 0) is 51.9 Å². The number of rotatable bonds is 13. The van der Waals surface area contributed by atoms with Crippen molar-refractivity contribution in [3.63, 3.8) is 0 Å². The molecule has 25 heavy (non-hydrogen) atoms. The highest BCUT2D eigenvalue weighted by atomic mass is 16.5. The van der Waals surface area contributed by atoms with Gasteiger partial charge in [0.1, 0.15) is 12.7 Å². The second kappa shape index (κ2) is 14.9. The molecule has 0 bridgehead atoms. The Morgan fingerprint density at radius 2 is 1.56 bits per heavy atom. The third-order valence-electron chi connectivity index (χ3n) is 3.75. The summed E-state index contributed by atoms with van der Waals surface area (Å²) in [4.78, 5) is 11.5. The van der Waals surface area contributed by atoms with Gasteiger partial charge in [-0.25, -0.2) is 0 Å². The number of hydrogen-bond donors (Lipinski definition) is 2. The minimum Gasteiger partial charge on any atom is -0.463 e.